The van der Waals surface area contributed by atoms with E-state index in [9.17, 15) is 14.4 Å². The quantitative estimate of drug-likeness (QED) is 0.585. The first kappa shape index (κ1) is 21.0. The van der Waals surface area contributed by atoms with Gasteiger partial charge in [0, 0.05) is 36.6 Å². The van der Waals surface area contributed by atoms with Crippen LogP contribution in [0.1, 0.15) is 45.6 Å². The van der Waals surface area contributed by atoms with Crippen LogP contribution in [0.25, 0.3) is 0 Å². The fourth-order valence-corrected chi connectivity index (χ4v) is 4.18. The number of anilines is 1. The molecular formula is C21H24N6O3S. The molecule has 0 aromatic carbocycles. The molecule has 1 aliphatic carbocycles. The Balaban J connectivity index is 1.47. The number of carbonyl (C=O) groups excluding carboxylic acids is 2. The van der Waals surface area contributed by atoms with Crippen LogP contribution in [-0.2, 0) is 18.4 Å². The average Bonchev–Trinajstić information content (AvgIpc) is 3.40. The molecule has 0 radical (unpaired) electrons. The van der Waals surface area contributed by atoms with Crippen molar-refractivity contribution in [2.45, 2.75) is 39.3 Å². The Morgan fingerprint density at radius 2 is 2.06 bits per heavy atom. The molecule has 1 aliphatic rings. The molecule has 0 aliphatic heterocycles. The highest BCUT2D eigenvalue weighted by molar-refractivity contribution is 7.15. The van der Waals surface area contributed by atoms with E-state index in [-0.39, 0.29) is 30.0 Å². The average molecular weight is 441 g/mol. The minimum atomic E-state index is -0.378. The van der Waals surface area contributed by atoms with Crippen molar-refractivity contribution in [1.82, 2.24) is 24.4 Å². The van der Waals surface area contributed by atoms with E-state index in [1.54, 1.807) is 6.20 Å². The number of aromatic nitrogens is 4. The minimum Gasteiger partial charge on any atom is -0.342 e. The van der Waals surface area contributed by atoms with E-state index < -0.39 is 0 Å². The molecule has 3 aromatic rings. The number of pyridine rings is 1. The zero-order chi connectivity index (χ0) is 22.1. The maximum atomic E-state index is 12.9. The van der Waals surface area contributed by atoms with Crippen LogP contribution >= 0.6 is 11.3 Å². The van der Waals surface area contributed by atoms with Crippen molar-refractivity contribution in [3.8, 4) is 0 Å². The van der Waals surface area contributed by atoms with E-state index in [4.69, 9.17) is 0 Å². The number of imidazole rings is 1. The molecule has 3 aromatic heterocycles. The second-order valence-corrected chi connectivity index (χ2v) is 8.98. The molecule has 1 unspecified atom stereocenters. The maximum Gasteiger partial charge on any atom is 0.253 e. The van der Waals surface area contributed by atoms with E-state index in [0.717, 1.165) is 29.2 Å². The summed E-state index contributed by atoms with van der Waals surface area (Å²) >= 11 is 1.38. The van der Waals surface area contributed by atoms with Crippen LogP contribution in [0, 0.1) is 19.8 Å². The first-order valence-electron chi connectivity index (χ1n) is 10.0. The molecular weight excluding hydrogens is 416 g/mol. The van der Waals surface area contributed by atoms with Crippen LogP contribution in [0.2, 0.25) is 0 Å². The van der Waals surface area contributed by atoms with Crippen molar-refractivity contribution in [3.05, 3.63) is 63.0 Å². The Hall–Kier alpha value is -3.27. The van der Waals surface area contributed by atoms with E-state index in [1.165, 1.54) is 34.2 Å². The summed E-state index contributed by atoms with van der Waals surface area (Å²) in [6.07, 6.45) is 7.04. The van der Waals surface area contributed by atoms with Crippen molar-refractivity contribution in [1.29, 1.82) is 0 Å². The van der Waals surface area contributed by atoms with Crippen LogP contribution in [0.5, 0.6) is 0 Å². The lowest BCUT2D eigenvalue weighted by Gasteiger charge is -2.18. The first-order chi connectivity index (χ1) is 14.8. The number of amides is 2. The number of nitrogens with one attached hydrogen (secondary N) is 2. The Morgan fingerprint density at radius 3 is 2.68 bits per heavy atom. The lowest BCUT2D eigenvalue weighted by atomic mass is 10.1. The predicted molar refractivity (Wildman–Crippen MR) is 117 cm³/mol. The van der Waals surface area contributed by atoms with Crippen molar-refractivity contribution in [3.63, 3.8) is 0 Å². The summed E-state index contributed by atoms with van der Waals surface area (Å²) in [5.41, 5.74) is 0.809. The van der Waals surface area contributed by atoms with Gasteiger partial charge >= 0.3 is 0 Å². The summed E-state index contributed by atoms with van der Waals surface area (Å²) < 4.78 is 3.13. The van der Waals surface area contributed by atoms with Crippen molar-refractivity contribution in [2.24, 2.45) is 13.0 Å². The van der Waals surface area contributed by atoms with Gasteiger partial charge in [0.15, 0.2) is 5.13 Å². The van der Waals surface area contributed by atoms with Crippen LogP contribution < -0.4 is 16.2 Å². The molecule has 0 bridgehead atoms. The number of hydrogen-bond acceptors (Lipinski definition) is 6. The molecule has 1 saturated carbocycles. The molecule has 9 nitrogen and oxygen atoms in total. The Bertz CT molecular complexity index is 1170. The third-order valence-corrected chi connectivity index (χ3v) is 6.34. The topological polar surface area (TPSA) is 111 Å². The van der Waals surface area contributed by atoms with Crippen molar-refractivity contribution in [2.75, 3.05) is 5.32 Å². The molecule has 2 amide bonds. The molecule has 0 saturated heterocycles. The third kappa shape index (κ3) is 4.74. The third-order valence-electron chi connectivity index (χ3n) is 5.35. The molecule has 10 heteroatoms. The SMILES string of the molecule is Cc1nc(NC(=O)Cn2cc(C(=O)NC(c3nccn3C)C3CC3)ccc2=O)sc1C. The molecule has 0 spiro atoms. The number of nitrogens with zero attached hydrogens (tertiary/aromatic N) is 4. The maximum absolute atomic E-state index is 12.9. The highest BCUT2D eigenvalue weighted by atomic mass is 32.1. The summed E-state index contributed by atoms with van der Waals surface area (Å²) in [5, 5.41) is 6.24. The van der Waals surface area contributed by atoms with Crippen molar-refractivity contribution >= 4 is 28.3 Å². The Morgan fingerprint density at radius 1 is 1.29 bits per heavy atom. The van der Waals surface area contributed by atoms with Crippen LogP contribution in [0.15, 0.2) is 35.5 Å². The number of rotatable bonds is 7. The minimum absolute atomic E-state index is 0.187. The molecule has 3 heterocycles. The van der Waals surface area contributed by atoms with Crippen LogP contribution in [0.4, 0.5) is 5.13 Å². The standard InChI is InChI=1S/C21H24N6O3S/c1-12-13(2)31-21(23-12)24-16(28)11-27-10-15(6-7-17(27)29)20(30)25-18(14-4-5-14)19-22-8-9-26(19)3/h6-10,14,18H,4-5,11H2,1-3H3,(H,25,30)(H,23,24,28). The Labute approximate surface area is 183 Å². The van der Waals surface area contributed by atoms with Gasteiger partial charge in [-0.2, -0.15) is 0 Å². The summed E-state index contributed by atoms with van der Waals surface area (Å²) in [4.78, 5) is 47.2. The highest BCUT2D eigenvalue weighted by Gasteiger charge is 2.35. The lowest BCUT2D eigenvalue weighted by molar-refractivity contribution is -0.116. The summed E-state index contributed by atoms with van der Waals surface area (Å²) in [6, 6.07) is 2.59. The van der Waals surface area contributed by atoms with E-state index >= 15 is 0 Å². The van der Waals surface area contributed by atoms with Gasteiger partial charge in [0.2, 0.25) is 5.91 Å². The zero-order valence-electron chi connectivity index (χ0n) is 17.6. The molecule has 2 N–H and O–H groups in total. The fourth-order valence-electron chi connectivity index (χ4n) is 3.35. The molecule has 31 heavy (non-hydrogen) atoms. The zero-order valence-corrected chi connectivity index (χ0v) is 18.4. The van der Waals surface area contributed by atoms with E-state index in [2.05, 4.69) is 20.6 Å². The summed E-state index contributed by atoms with van der Waals surface area (Å²) in [7, 11) is 1.90. The molecule has 4 rings (SSSR count). The normalized spacial score (nSPS) is 14.3. The Kier molecular flexibility index (Phi) is 5.73. The monoisotopic (exact) mass is 440 g/mol. The smallest absolute Gasteiger partial charge is 0.253 e. The van der Waals surface area contributed by atoms with Gasteiger partial charge in [0.05, 0.1) is 17.3 Å². The van der Waals surface area contributed by atoms with Gasteiger partial charge in [-0.1, -0.05) is 0 Å². The van der Waals surface area contributed by atoms with Crippen LogP contribution in [-0.4, -0.2) is 30.9 Å². The largest absolute Gasteiger partial charge is 0.342 e. The van der Waals surface area contributed by atoms with Gasteiger partial charge in [0.1, 0.15) is 12.4 Å². The van der Waals surface area contributed by atoms with E-state index in [1.807, 2.05) is 31.7 Å². The van der Waals surface area contributed by atoms with Gasteiger partial charge in [-0.25, -0.2) is 9.97 Å². The fraction of sp³-hybridized carbons (Fsp3) is 0.381. The van der Waals surface area contributed by atoms with Crippen molar-refractivity contribution < 1.29 is 9.59 Å². The molecule has 162 valence electrons. The predicted octanol–water partition coefficient (Wildman–Crippen LogP) is 2.17. The second-order valence-electron chi connectivity index (χ2n) is 7.78. The van der Waals surface area contributed by atoms with Gasteiger partial charge in [0.25, 0.3) is 11.5 Å². The number of carbonyl (C=O) groups is 2. The number of hydrogen-bond donors (Lipinski definition) is 2. The summed E-state index contributed by atoms with van der Waals surface area (Å²) in [6.45, 7) is 3.59. The highest BCUT2D eigenvalue weighted by Crippen LogP contribution is 2.40. The van der Waals surface area contributed by atoms with Gasteiger partial charge < -0.3 is 19.8 Å². The van der Waals surface area contributed by atoms with Crippen LogP contribution in [0.3, 0.4) is 0 Å². The number of aryl methyl sites for hydroxylation is 3. The van der Waals surface area contributed by atoms with Gasteiger partial charge in [-0.05, 0) is 38.7 Å². The number of thiazole rings is 1. The van der Waals surface area contributed by atoms with Gasteiger partial charge in [-0.3, -0.25) is 14.4 Å². The molecule has 1 atom stereocenters. The first-order valence-corrected chi connectivity index (χ1v) is 10.9. The van der Waals surface area contributed by atoms with E-state index in [0.29, 0.717) is 16.6 Å². The summed E-state index contributed by atoms with van der Waals surface area (Å²) in [5.74, 6) is 0.474. The van der Waals surface area contributed by atoms with Gasteiger partial charge in [-0.15, -0.1) is 11.3 Å². The lowest BCUT2D eigenvalue weighted by Crippen LogP contribution is -2.33. The molecule has 1 fully saturated rings. The second kappa shape index (κ2) is 8.46.